The number of halogens is 3. The van der Waals surface area contributed by atoms with Gasteiger partial charge in [-0.15, -0.1) is 0 Å². The van der Waals surface area contributed by atoms with Crippen LogP contribution >= 0.6 is 11.5 Å². The van der Waals surface area contributed by atoms with E-state index in [4.69, 9.17) is 4.74 Å². The van der Waals surface area contributed by atoms with Gasteiger partial charge in [-0.05, 0) is 25.0 Å². The van der Waals surface area contributed by atoms with Gasteiger partial charge in [0, 0.05) is 36.2 Å². The Morgan fingerprint density at radius 1 is 1.29 bits per heavy atom. The number of rotatable bonds is 3. The van der Waals surface area contributed by atoms with Crippen molar-refractivity contribution in [2.75, 3.05) is 18.5 Å². The third-order valence-electron chi connectivity index (χ3n) is 3.70. The van der Waals surface area contributed by atoms with Gasteiger partial charge in [0.2, 0.25) is 11.0 Å². The maximum atomic E-state index is 12.8. The number of hydrogen-bond donors (Lipinski definition) is 1. The van der Waals surface area contributed by atoms with Crippen LogP contribution in [0.25, 0.3) is 11.4 Å². The predicted octanol–water partition coefficient (Wildman–Crippen LogP) is 3.59. The van der Waals surface area contributed by atoms with E-state index in [0.29, 0.717) is 26.1 Å². The first kappa shape index (κ1) is 16.8. The molecule has 3 rings (SSSR count). The number of carbonyl (C=O) groups excluding carboxylic acids is 1. The molecule has 24 heavy (non-hydrogen) atoms. The van der Waals surface area contributed by atoms with E-state index in [1.807, 2.05) is 0 Å². The number of benzene rings is 1. The summed E-state index contributed by atoms with van der Waals surface area (Å²) < 4.78 is 47.5. The molecule has 0 bridgehead atoms. The minimum atomic E-state index is -4.42. The molecule has 1 aromatic carbocycles. The fraction of sp³-hybridized carbons (Fsp3) is 0.400. The molecule has 1 saturated heterocycles. The van der Waals surface area contributed by atoms with E-state index in [2.05, 4.69) is 14.7 Å². The predicted molar refractivity (Wildman–Crippen MR) is 82.5 cm³/mol. The second-order valence-corrected chi connectivity index (χ2v) is 6.13. The van der Waals surface area contributed by atoms with Gasteiger partial charge in [0.1, 0.15) is 0 Å². The molecule has 0 aliphatic carbocycles. The number of ether oxygens (including phenoxy) is 1. The van der Waals surface area contributed by atoms with Crippen LogP contribution in [0.1, 0.15) is 18.4 Å². The van der Waals surface area contributed by atoms with Crippen LogP contribution in [0.4, 0.5) is 18.3 Å². The lowest BCUT2D eigenvalue weighted by Gasteiger charge is -2.20. The Morgan fingerprint density at radius 3 is 2.75 bits per heavy atom. The van der Waals surface area contributed by atoms with Gasteiger partial charge in [-0.1, -0.05) is 12.1 Å². The summed E-state index contributed by atoms with van der Waals surface area (Å²) in [5, 5.41) is 2.95. The van der Waals surface area contributed by atoms with Gasteiger partial charge in [0.05, 0.1) is 5.56 Å². The van der Waals surface area contributed by atoms with Gasteiger partial charge in [-0.3, -0.25) is 4.79 Å². The lowest BCUT2D eigenvalue weighted by Crippen LogP contribution is -2.28. The first-order valence-electron chi connectivity index (χ1n) is 7.33. The van der Waals surface area contributed by atoms with Crippen LogP contribution in [0, 0.1) is 5.92 Å². The van der Waals surface area contributed by atoms with Gasteiger partial charge >= 0.3 is 6.18 Å². The van der Waals surface area contributed by atoms with Crippen molar-refractivity contribution in [3.8, 4) is 11.4 Å². The Kier molecular flexibility index (Phi) is 4.81. The summed E-state index contributed by atoms with van der Waals surface area (Å²) in [6.45, 7) is 1.09. The molecular weight excluding hydrogens is 343 g/mol. The SMILES string of the molecule is O=C(Nc1nc(-c2cccc(C(F)(F)F)c2)ns1)C1CCOCC1. The minimum Gasteiger partial charge on any atom is -0.381 e. The number of anilines is 1. The molecule has 2 heterocycles. The topological polar surface area (TPSA) is 64.1 Å². The fourth-order valence-electron chi connectivity index (χ4n) is 2.39. The molecule has 128 valence electrons. The van der Waals surface area contributed by atoms with Crippen molar-refractivity contribution in [2.45, 2.75) is 19.0 Å². The van der Waals surface area contributed by atoms with E-state index < -0.39 is 11.7 Å². The highest BCUT2D eigenvalue weighted by atomic mass is 32.1. The van der Waals surface area contributed by atoms with Crippen molar-refractivity contribution in [1.82, 2.24) is 9.36 Å². The molecule has 0 saturated carbocycles. The number of carbonyl (C=O) groups is 1. The smallest absolute Gasteiger partial charge is 0.381 e. The van der Waals surface area contributed by atoms with Crippen molar-refractivity contribution in [1.29, 1.82) is 0 Å². The molecule has 1 N–H and O–H groups in total. The van der Waals surface area contributed by atoms with Gasteiger partial charge in [0.25, 0.3) is 0 Å². The molecule has 9 heteroatoms. The Morgan fingerprint density at radius 2 is 2.04 bits per heavy atom. The van der Waals surface area contributed by atoms with Gasteiger partial charge in [0.15, 0.2) is 5.82 Å². The lowest BCUT2D eigenvalue weighted by atomic mass is 10.00. The standard InChI is InChI=1S/C15H14F3N3O2S/c16-15(17,18)11-3-1-2-10(8-11)12-19-14(24-21-12)20-13(22)9-4-6-23-7-5-9/h1-3,8-9H,4-7H2,(H,19,20,21,22). The Labute approximate surface area is 140 Å². The van der Waals surface area contributed by atoms with Gasteiger partial charge in [-0.25, -0.2) is 0 Å². The Balaban J connectivity index is 1.72. The van der Waals surface area contributed by atoms with Crippen LogP contribution in [0.2, 0.25) is 0 Å². The van der Waals surface area contributed by atoms with Crippen LogP contribution in [0.3, 0.4) is 0 Å². The minimum absolute atomic E-state index is 0.139. The average Bonchev–Trinajstić information content (AvgIpc) is 3.03. The first-order valence-corrected chi connectivity index (χ1v) is 8.11. The zero-order valence-electron chi connectivity index (χ0n) is 12.5. The fourth-order valence-corrected chi connectivity index (χ4v) is 2.99. The van der Waals surface area contributed by atoms with Crippen molar-refractivity contribution < 1.29 is 22.7 Å². The summed E-state index contributed by atoms with van der Waals surface area (Å²) in [6, 6.07) is 4.79. The zero-order valence-corrected chi connectivity index (χ0v) is 13.3. The number of amides is 1. The highest BCUT2D eigenvalue weighted by Crippen LogP contribution is 2.32. The maximum Gasteiger partial charge on any atom is 0.416 e. The monoisotopic (exact) mass is 357 g/mol. The first-order chi connectivity index (χ1) is 11.4. The second-order valence-electron chi connectivity index (χ2n) is 5.38. The average molecular weight is 357 g/mol. The van der Waals surface area contributed by atoms with E-state index >= 15 is 0 Å². The normalized spacial score (nSPS) is 16.1. The second kappa shape index (κ2) is 6.86. The highest BCUT2D eigenvalue weighted by molar-refractivity contribution is 7.10. The van der Waals surface area contributed by atoms with Gasteiger partial charge in [-0.2, -0.15) is 22.5 Å². The zero-order chi connectivity index (χ0) is 17.2. The summed E-state index contributed by atoms with van der Waals surface area (Å²) in [4.78, 5) is 16.2. The van der Waals surface area contributed by atoms with Crippen molar-refractivity contribution in [2.24, 2.45) is 5.92 Å². The van der Waals surface area contributed by atoms with Crippen LogP contribution in [-0.4, -0.2) is 28.5 Å². The van der Waals surface area contributed by atoms with E-state index in [1.54, 1.807) is 0 Å². The number of aromatic nitrogens is 2. The molecule has 1 fully saturated rings. The molecule has 0 atom stereocenters. The molecule has 1 amide bonds. The maximum absolute atomic E-state index is 12.8. The largest absolute Gasteiger partial charge is 0.416 e. The van der Waals surface area contributed by atoms with Crippen molar-refractivity contribution in [3.63, 3.8) is 0 Å². The number of alkyl halides is 3. The van der Waals surface area contributed by atoms with Crippen LogP contribution in [-0.2, 0) is 15.7 Å². The summed E-state index contributed by atoms with van der Waals surface area (Å²) in [5.41, 5.74) is -0.504. The molecule has 0 radical (unpaired) electrons. The quantitative estimate of drug-likeness (QED) is 0.912. The highest BCUT2D eigenvalue weighted by Gasteiger charge is 2.30. The Hall–Kier alpha value is -2.00. The van der Waals surface area contributed by atoms with Crippen LogP contribution in [0.5, 0.6) is 0 Å². The summed E-state index contributed by atoms with van der Waals surface area (Å²) in [7, 11) is 0. The molecule has 0 spiro atoms. The van der Waals surface area contributed by atoms with Gasteiger partial charge < -0.3 is 10.1 Å². The number of hydrogen-bond acceptors (Lipinski definition) is 5. The Bertz CT molecular complexity index is 727. The van der Waals surface area contributed by atoms with E-state index in [9.17, 15) is 18.0 Å². The number of nitrogens with one attached hydrogen (secondary N) is 1. The third-order valence-corrected chi connectivity index (χ3v) is 4.33. The molecule has 0 unspecified atom stereocenters. The summed E-state index contributed by atoms with van der Waals surface area (Å²) >= 11 is 0.945. The lowest BCUT2D eigenvalue weighted by molar-refractivity contribution is -0.137. The third kappa shape index (κ3) is 3.90. The van der Waals surface area contributed by atoms with Crippen molar-refractivity contribution in [3.05, 3.63) is 29.8 Å². The number of nitrogens with zero attached hydrogens (tertiary/aromatic N) is 2. The van der Waals surface area contributed by atoms with Crippen LogP contribution < -0.4 is 5.32 Å². The summed E-state index contributed by atoms with van der Waals surface area (Å²) in [6.07, 6.45) is -3.14. The van der Waals surface area contributed by atoms with E-state index in [0.717, 1.165) is 23.7 Å². The van der Waals surface area contributed by atoms with Crippen LogP contribution in [0.15, 0.2) is 24.3 Å². The van der Waals surface area contributed by atoms with E-state index in [-0.39, 0.29) is 28.3 Å². The van der Waals surface area contributed by atoms with E-state index in [1.165, 1.54) is 12.1 Å². The molecule has 1 aromatic heterocycles. The van der Waals surface area contributed by atoms with Crippen molar-refractivity contribution >= 4 is 22.6 Å². The molecule has 1 aliphatic heterocycles. The molecule has 2 aromatic rings. The molecule has 5 nitrogen and oxygen atoms in total. The summed E-state index contributed by atoms with van der Waals surface area (Å²) in [5.74, 6) is -0.141. The molecular formula is C15H14F3N3O2S. The molecule has 1 aliphatic rings.